The maximum atomic E-state index is 5.67. The lowest BCUT2D eigenvalue weighted by atomic mass is 10.1. The van der Waals surface area contributed by atoms with Crippen molar-refractivity contribution in [1.29, 1.82) is 0 Å². The topological polar surface area (TPSA) is 18.5 Å². The Bertz CT molecular complexity index is 416. The Morgan fingerprint density at radius 3 is 2.13 bits per heavy atom. The fourth-order valence-corrected chi connectivity index (χ4v) is 9.04. The first-order chi connectivity index (χ1) is 11.2. The lowest BCUT2D eigenvalue weighted by molar-refractivity contribution is -0.0480. The lowest BCUT2D eigenvalue weighted by Crippen LogP contribution is -2.38. The molecule has 1 saturated heterocycles. The molecule has 1 aromatic rings. The van der Waals surface area contributed by atoms with Crippen molar-refractivity contribution in [1.82, 2.24) is 0 Å². The van der Waals surface area contributed by atoms with Gasteiger partial charge < -0.3 is 9.47 Å². The van der Waals surface area contributed by atoms with E-state index >= 15 is 0 Å². The number of hydrogen-bond acceptors (Lipinski definition) is 2. The number of ether oxygens (including phenoxy) is 2. The molecule has 0 aromatic heterocycles. The van der Waals surface area contributed by atoms with E-state index in [-0.39, 0.29) is 6.29 Å². The molecule has 0 saturated carbocycles. The van der Waals surface area contributed by atoms with Gasteiger partial charge in [-0.2, -0.15) is 0 Å². The second-order valence-electron chi connectivity index (χ2n) is 6.89. The van der Waals surface area contributed by atoms with Crippen molar-refractivity contribution in [3.05, 3.63) is 35.9 Å². The van der Waals surface area contributed by atoms with Gasteiger partial charge in [0.05, 0.1) is 21.3 Å². The molecule has 0 radical (unpaired) electrons. The Kier molecular flexibility index (Phi) is 7.81. The van der Waals surface area contributed by atoms with Crippen LogP contribution in [0.2, 0.25) is 23.7 Å². The zero-order chi connectivity index (χ0) is 16.5. The van der Waals surface area contributed by atoms with E-state index < -0.39 is 8.07 Å². The highest BCUT2D eigenvalue weighted by Crippen LogP contribution is 2.40. The lowest BCUT2D eigenvalue weighted by Gasteiger charge is -2.38. The van der Waals surface area contributed by atoms with Crippen LogP contribution in [-0.2, 0) is 15.9 Å². The van der Waals surface area contributed by atoms with Gasteiger partial charge in [0, 0.05) is 0 Å². The normalized spacial score (nSPS) is 17.5. The smallest absolute Gasteiger partial charge is 0.157 e. The van der Waals surface area contributed by atoms with Gasteiger partial charge in [-0.25, -0.2) is 0 Å². The van der Waals surface area contributed by atoms with E-state index in [1.807, 2.05) is 0 Å². The maximum Gasteiger partial charge on any atom is 0.157 e. The van der Waals surface area contributed by atoms with Crippen molar-refractivity contribution in [3.8, 4) is 0 Å². The van der Waals surface area contributed by atoms with E-state index in [1.54, 1.807) is 0 Å². The molecule has 0 N–H and O–H groups in total. The molecule has 1 fully saturated rings. The van der Waals surface area contributed by atoms with E-state index in [1.165, 1.54) is 43.0 Å². The third-order valence-electron chi connectivity index (χ3n) is 6.04. The monoisotopic (exact) mass is 334 g/mol. The molecule has 23 heavy (non-hydrogen) atoms. The largest absolute Gasteiger partial charge is 0.350 e. The van der Waals surface area contributed by atoms with Gasteiger partial charge in [-0.15, -0.1) is 0 Å². The average Bonchev–Trinajstić information content (AvgIpc) is 3.12. The minimum absolute atomic E-state index is 0.0616. The van der Waals surface area contributed by atoms with Gasteiger partial charge >= 0.3 is 0 Å². The SMILES string of the molecule is CC[Si](CC)(CC)[C@@H](CCc1ccccc1)CCC1OCCO1. The first kappa shape index (κ1) is 18.7. The summed E-state index contributed by atoms with van der Waals surface area (Å²) in [5, 5.41) is 0. The average molecular weight is 335 g/mol. The molecule has 1 aliphatic rings. The van der Waals surface area contributed by atoms with Crippen molar-refractivity contribution in [3.63, 3.8) is 0 Å². The molecule has 1 aliphatic heterocycles. The molecule has 0 spiro atoms. The molecule has 3 heteroatoms. The molecule has 0 amide bonds. The zero-order valence-corrected chi connectivity index (χ0v) is 16.2. The first-order valence-corrected chi connectivity index (χ1v) is 12.2. The van der Waals surface area contributed by atoms with E-state index in [0.717, 1.165) is 25.2 Å². The quantitative estimate of drug-likeness (QED) is 0.515. The van der Waals surface area contributed by atoms with Crippen molar-refractivity contribution in [2.75, 3.05) is 13.2 Å². The molecule has 2 rings (SSSR count). The summed E-state index contributed by atoms with van der Waals surface area (Å²) < 4.78 is 11.3. The van der Waals surface area contributed by atoms with Gasteiger partial charge in [-0.05, 0) is 36.8 Å². The minimum atomic E-state index is -1.18. The van der Waals surface area contributed by atoms with Crippen LogP contribution in [0.5, 0.6) is 0 Å². The number of benzene rings is 1. The zero-order valence-electron chi connectivity index (χ0n) is 15.2. The number of aryl methyl sites for hydroxylation is 1. The Labute approximate surface area is 143 Å². The van der Waals surface area contributed by atoms with Crippen LogP contribution >= 0.6 is 0 Å². The van der Waals surface area contributed by atoms with Crippen molar-refractivity contribution in [2.45, 2.75) is 76.4 Å². The van der Waals surface area contributed by atoms with Gasteiger partial charge in [-0.1, -0.05) is 69.2 Å². The van der Waals surface area contributed by atoms with E-state index in [9.17, 15) is 0 Å². The summed E-state index contributed by atoms with van der Waals surface area (Å²) >= 11 is 0. The summed E-state index contributed by atoms with van der Waals surface area (Å²) in [6, 6.07) is 15.2. The highest BCUT2D eigenvalue weighted by Gasteiger charge is 2.36. The predicted octanol–water partition coefficient (Wildman–Crippen LogP) is 5.65. The van der Waals surface area contributed by atoms with Crippen LogP contribution in [0.15, 0.2) is 30.3 Å². The molecule has 1 aromatic carbocycles. The molecule has 1 heterocycles. The fraction of sp³-hybridized carbons (Fsp3) is 0.700. The van der Waals surface area contributed by atoms with Crippen LogP contribution in [0.3, 0.4) is 0 Å². The van der Waals surface area contributed by atoms with Gasteiger partial charge in [0.15, 0.2) is 6.29 Å². The fourth-order valence-electron chi connectivity index (χ4n) is 4.27. The minimum Gasteiger partial charge on any atom is -0.350 e. The standard InChI is InChI=1S/C20H34O2Si/c1-4-23(5-2,6-3)19(14-15-20-21-16-17-22-20)13-12-18-10-8-7-9-11-18/h7-11,19-20H,4-6,12-17H2,1-3H3/t19-/m0/s1. The molecule has 130 valence electrons. The summed E-state index contributed by atoms with van der Waals surface area (Å²) in [5.41, 5.74) is 2.37. The highest BCUT2D eigenvalue weighted by atomic mass is 28.3. The van der Waals surface area contributed by atoms with Gasteiger partial charge in [0.1, 0.15) is 0 Å². The molecule has 2 nitrogen and oxygen atoms in total. The Morgan fingerprint density at radius 2 is 1.57 bits per heavy atom. The van der Waals surface area contributed by atoms with Crippen LogP contribution in [0, 0.1) is 0 Å². The number of rotatable bonds is 10. The van der Waals surface area contributed by atoms with Crippen LogP contribution in [-0.4, -0.2) is 27.6 Å². The van der Waals surface area contributed by atoms with Gasteiger partial charge in [-0.3, -0.25) is 0 Å². The van der Waals surface area contributed by atoms with Crippen molar-refractivity contribution in [2.24, 2.45) is 0 Å². The van der Waals surface area contributed by atoms with E-state index in [2.05, 4.69) is 51.1 Å². The highest BCUT2D eigenvalue weighted by molar-refractivity contribution is 6.81. The maximum absolute atomic E-state index is 5.67. The molecular weight excluding hydrogens is 300 g/mol. The third kappa shape index (κ3) is 5.17. The van der Waals surface area contributed by atoms with Crippen LogP contribution in [0.25, 0.3) is 0 Å². The molecule has 0 aliphatic carbocycles. The van der Waals surface area contributed by atoms with E-state index in [4.69, 9.17) is 9.47 Å². The Balaban J connectivity index is 1.99. The Hall–Kier alpha value is -0.643. The summed E-state index contributed by atoms with van der Waals surface area (Å²) in [6.07, 6.45) is 4.96. The summed E-state index contributed by atoms with van der Waals surface area (Å²) in [6.45, 7) is 8.83. The summed E-state index contributed by atoms with van der Waals surface area (Å²) in [4.78, 5) is 0. The number of hydrogen-bond donors (Lipinski definition) is 0. The summed E-state index contributed by atoms with van der Waals surface area (Å²) in [5.74, 6) is 0. The second kappa shape index (κ2) is 9.60. The van der Waals surface area contributed by atoms with Crippen LogP contribution in [0.1, 0.15) is 45.6 Å². The molecule has 1 atom stereocenters. The molecule has 0 unspecified atom stereocenters. The second-order valence-corrected chi connectivity index (χ2v) is 12.6. The van der Waals surface area contributed by atoms with Gasteiger partial charge in [0.2, 0.25) is 0 Å². The Morgan fingerprint density at radius 1 is 0.957 bits per heavy atom. The predicted molar refractivity (Wildman–Crippen MR) is 101 cm³/mol. The van der Waals surface area contributed by atoms with Gasteiger partial charge in [0.25, 0.3) is 0 Å². The van der Waals surface area contributed by atoms with E-state index in [0.29, 0.717) is 0 Å². The molecular formula is C20H34O2Si. The van der Waals surface area contributed by atoms with Crippen molar-refractivity contribution < 1.29 is 9.47 Å². The molecule has 0 bridgehead atoms. The first-order valence-electron chi connectivity index (χ1n) is 9.51. The third-order valence-corrected chi connectivity index (χ3v) is 12.6. The van der Waals surface area contributed by atoms with Crippen LogP contribution in [0.4, 0.5) is 0 Å². The summed E-state index contributed by atoms with van der Waals surface area (Å²) in [7, 11) is -1.18. The van der Waals surface area contributed by atoms with Crippen molar-refractivity contribution >= 4 is 8.07 Å². The van der Waals surface area contributed by atoms with Crippen LogP contribution < -0.4 is 0 Å².